The van der Waals surface area contributed by atoms with Crippen LogP contribution in [0.3, 0.4) is 0 Å². The van der Waals surface area contributed by atoms with Crippen molar-refractivity contribution in [1.29, 1.82) is 0 Å². The van der Waals surface area contributed by atoms with Crippen LogP contribution < -0.4 is 0 Å². The summed E-state index contributed by atoms with van der Waals surface area (Å²) in [5, 5.41) is 16.4. The molecule has 66 valence electrons. The molecule has 0 fully saturated rings. The van der Waals surface area contributed by atoms with Gasteiger partial charge in [0.1, 0.15) is 13.0 Å². The number of hydrogen-bond donors (Lipinski definition) is 4. The molecule has 0 unspecified atom stereocenters. The minimum Gasteiger partial charge on any atom is -0.465 e. The summed E-state index contributed by atoms with van der Waals surface area (Å²) in [4.78, 5) is 26.8. The van der Waals surface area contributed by atoms with Gasteiger partial charge in [-0.15, -0.1) is 0 Å². The number of aliphatic hydroxyl groups excluding tert-OH is 1. The lowest BCUT2D eigenvalue weighted by Gasteiger charge is -2.15. The summed E-state index contributed by atoms with van der Waals surface area (Å²) in [5.74, 6) is 0. The third-order valence-electron chi connectivity index (χ3n) is 0.796. The molecule has 0 heterocycles. The van der Waals surface area contributed by atoms with E-state index >= 15 is 0 Å². The quantitative estimate of drug-likeness (QED) is 0.332. The zero-order valence-electron chi connectivity index (χ0n) is 5.41. The predicted molar refractivity (Wildman–Crippen MR) is 33.9 cm³/mol. The molecule has 0 atom stereocenters. The maximum atomic E-state index is 10.2. The third kappa shape index (κ3) is 4.74. The van der Waals surface area contributed by atoms with Gasteiger partial charge in [0.25, 0.3) is 0 Å². The SMILES string of the molecule is O=C(O)N(CO)CP(=O)(O)O. The fourth-order valence-electron chi connectivity index (χ4n) is 0.388. The third-order valence-corrected chi connectivity index (χ3v) is 1.51. The summed E-state index contributed by atoms with van der Waals surface area (Å²) in [7, 11) is -4.41. The number of hydrogen-bond acceptors (Lipinski definition) is 3. The summed E-state index contributed by atoms with van der Waals surface area (Å²) in [6, 6.07) is 0. The second kappa shape index (κ2) is 3.68. The van der Waals surface area contributed by atoms with Crippen molar-refractivity contribution in [2.45, 2.75) is 0 Å². The lowest BCUT2D eigenvalue weighted by molar-refractivity contribution is 0.0955. The minimum absolute atomic E-state index is 0.209. The van der Waals surface area contributed by atoms with Gasteiger partial charge in [0.2, 0.25) is 0 Å². The van der Waals surface area contributed by atoms with Crippen LogP contribution in [0.5, 0.6) is 0 Å². The van der Waals surface area contributed by atoms with E-state index in [-0.39, 0.29) is 4.90 Å². The van der Waals surface area contributed by atoms with E-state index in [1.54, 1.807) is 0 Å². The molecule has 0 radical (unpaired) electrons. The van der Waals surface area contributed by atoms with Gasteiger partial charge in [0, 0.05) is 0 Å². The molecule has 11 heavy (non-hydrogen) atoms. The molecule has 0 saturated carbocycles. The first-order valence-electron chi connectivity index (χ1n) is 2.50. The molecule has 0 bridgehead atoms. The summed E-state index contributed by atoms with van der Waals surface area (Å²) in [6.07, 6.45) is -2.56. The van der Waals surface area contributed by atoms with Crippen molar-refractivity contribution < 1.29 is 29.4 Å². The Morgan fingerprint density at radius 2 is 1.91 bits per heavy atom. The molecule has 4 N–H and O–H groups in total. The molecule has 7 nitrogen and oxygen atoms in total. The van der Waals surface area contributed by atoms with Crippen LogP contribution in [0.2, 0.25) is 0 Å². The van der Waals surface area contributed by atoms with E-state index in [0.717, 1.165) is 0 Å². The Hall–Kier alpha value is -0.620. The fraction of sp³-hybridized carbons (Fsp3) is 0.667. The minimum atomic E-state index is -4.41. The van der Waals surface area contributed by atoms with Crippen molar-refractivity contribution >= 4 is 13.7 Å². The lowest BCUT2D eigenvalue weighted by Crippen LogP contribution is -2.31. The molecule has 0 aliphatic heterocycles. The molecule has 0 rings (SSSR count). The van der Waals surface area contributed by atoms with Crippen LogP contribution in [0.25, 0.3) is 0 Å². The number of carbonyl (C=O) groups is 1. The van der Waals surface area contributed by atoms with Gasteiger partial charge < -0.3 is 20.0 Å². The van der Waals surface area contributed by atoms with E-state index in [9.17, 15) is 9.36 Å². The maximum Gasteiger partial charge on any atom is 0.409 e. The monoisotopic (exact) mass is 185 g/mol. The molecule has 0 spiro atoms. The van der Waals surface area contributed by atoms with Gasteiger partial charge in [0.15, 0.2) is 0 Å². The Labute approximate surface area is 62.0 Å². The van der Waals surface area contributed by atoms with E-state index in [2.05, 4.69) is 0 Å². The molecular weight excluding hydrogens is 177 g/mol. The van der Waals surface area contributed by atoms with Crippen LogP contribution in [0, 0.1) is 0 Å². The van der Waals surface area contributed by atoms with E-state index in [4.69, 9.17) is 20.0 Å². The molecular formula is C3H8NO6P. The van der Waals surface area contributed by atoms with Gasteiger partial charge in [-0.05, 0) is 0 Å². The lowest BCUT2D eigenvalue weighted by atomic mass is 10.9. The van der Waals surface area contributed by atoms with Crippen LogP contribution >= 0.6 is 7.60 Å². The van der Waals surface area contributed by atoms with Crippen molar-refractivity contribution in [3.8, 4) is 0 Å². The van der Waals surface area contributed by atoms with E-state index in [1.807, 2.05) is 0 Å². The highest BCUT2D eigenvalue weighted by Gasteiger charge is 2.21. The first-order chi connectivity index (χ1) is 4.87. The Balaban J connectivity index is 4.10. The molecule has 0 aliphatic rings. The van der Waals surface area contributed by atoms with Crippen LogP contribution in [0.4, 0.5) is 4.79 Å². The first kappa shape index (κ1) is 10.4. The average molecular weight is 185 g/mol. The number of carboxylic acid groups (broad SMARTS) is 1. The standard InChI is InChI=1S/C3H8NO6P/c5-1-4(3(6)7)2-11(8,9)10/h5H,1-2H2,(H,6,7)(H2,8,9,10). The number of nitrogens with zero attached hydrogens (tertiary/aromatic N) is 1. The topological polar surface area (TPSA) is 118 Å². The van der Waals surface area contributed by atoms with Crippen LogP contribution in [-0.4, -0.2) is 44.0 Å². The second-order valence-corrected chi connectivity index (χ2v) is 3.38. The molecule has 0 aromatic heterocycles. The highest BCUT2D eigenvalue weighted by Crippen LogP contribution is 2.34. The van der Waals surface area contributed by atoms with Gasteiger partial charge in [-0.25, -0.2) is 4.79 Å². The molecule has 1 amide bonds. The van der Waals surface area contributed by atoms with Gasteiger partial charge >= 0.3 is 13.7 Å². The van der Waals surface area contributed by atoms with E-state index in [0.29, 0.717) is 0 Å². The van der Waals surface area contributed by atoms with Crippen LogP contribution in [0.1, 0.15) is 0 Å². The Bertz CT molecular complexity index is 186. The Morgan fingerprint density at radius 3 is 2.00 bits per heavy atom. The van der Waals surface area contributed by atoms with E-state index in [1.165, 1.54) is 0 Å². The van der Waals surface area contributed by atoms with Crippen molar-refractivity contribution in [1.82, 2.24) is 4.90 Å². The zero-order chi connectivity index (χ0) is 9.07. The van der Waals surface area contributed by atoms with Gasteiger partial charge in [-0.2, -0.15) is 0 Å². The molecule has 0 aromatic carbocycles. The van der Waals surface area contributed by atoms with Gasteiger partial charge in [-0.3, -0.25) is 9.46 Å². The molecule has 0 saturated heterocycles. The predicted octanol–water partition coefficient (Wildman–Crippen LogP) is -0.949. The first-order valence-corrected chi connectivity index (χ1v) is 4.30. The number of aliphatic hydroxyl groups is 1. The smallest absolute Gasteiger partial charge is 0.409 e. The summed E-state index contributed by atoms with van der Waals surface area (Å²) in [5.41, 5.74) is 0. The maximum absolute atomic E-state index is 10.2. The largest absolute Gasteiger partial charge is 0.465 e. The normalized spacial score (nSPS) is 11.2. The average Bonchev–Trinajstić information content (AvgIpc) is 1.80. The summed E-state index contributed by atoms with van der Waals surface area (Å²) < 4.78 is 10.2. The van der Waals surface area contributed by atoms with Crippen molar-refractivity contribution in [2.24, 2.45) is 0 Å². The van der Waals surface area contributed by atoms with Crippen molar-refractivity contribution in [3.05, 3.63) is 0 Å². The van der Waals surface area contributed by atoms with Crippen molar-refractivity contribution in [3.63, 3.8) is 0 Å². The van der Waals surface area contributed by atoms with E-state index < -0.39 is 26.7 Å². The Kier molecular flexibility index (Phi) is 3.47. The highest BCUT2D eigenvalue weighted by atomic mass is 31.2. The summed E-state index contributed by atoms with van der Waals surface area (Å²) in [6.45, 7) is -0.930. The highest BCUT2D eigenvalue weighted by molar-refractivity contribution is 7.51. The Morgan fingerprint density at radius 1 is 1.45 bits per heavy atom. The molecule has 8 heteroatoms. The van der Waals surface area contributed by atoms with Crippen LogP contribution in [0.15, 0.2) is 0 Å². The second-order valence-electron chi connectivity index (χ2n) is 1.77. The molecule has 0 aromatic rings. The van der Waals surface area contributed by atoms with Gasteiger partial charge in [-0.1, -0.05) is 0 Å². The zero-order valence-corrected chi connectivity index (χ0v) is 6.31. The van der Waals surface area contributed by atoms with Crippen molar-refractivity contribution in [2.75, 3.05) is 13.0 Å². The van der Waals surface area contributed by atoms with Gasteiger partial charge in [0.05, 0.1) is 0 Å². The van der Waals surface area contributed by atoms with Crippen LogP contribution in [-0.2, 0) is 4.57 Å². The molecule has 0 aliphatic carbocycles. The summed E-state index contributed by atoms with van der Waals surface area (Å²) >= 11 is 0. The number of amides is 1. The number of rotatable bonds is 3. The fourth-order valence-corrected chi connectivity index (χ4v) is 1.04.